The normalized spacial score (nSPS) is 9.81. The van der Waals surface area contributed by atoms with Crippen molar-refractivity contribution >= 4 is 11.6 Å². The van der Waals surface area contributed by atoms with Crippen LogP contribution in [0.3, 0.4) is 0 Å². The van der Waals surface area contributed by atoms with Crippen molar-refractivity contribution in [1.82, 2.24) is 15.0 Å². The van der Waals surface area contributed by atoms with Crippen LogP contribution in [0, 0.1) is 11.3 Å². The Labute approximate surface area is 126 Å². The molecule has 0 N–H and O–H groups in total. The number of rotatable bonds is 5. The third-order valence-electron chi connectivity index (χ3n) is 2.33. The van der Waals surface area contributed by atoms with E-state index in [1.54, 1.807) is 25.1 Å². The summed E-state index contributed by atoms with van der Waals surface area (Å²) in [6, 6.07) is 6.76. The molecule has 0 atom stereocenters. The summed E-state index contributed by atoms with van der Waals surface area (Å²) in [5, 5.41) is 8.81. The largest absolute Gasteiger partial charge is 0.493 e. The lowest BCUT2D eigenvalue weighted by Crippen LogP contribution is -2.02. The van der Waals surface area contributed by atoms with E-state index in [2.05, 4.69) is 15.0 Å². The van der Waals surface area contributed by atoms with Crippen molar-refractivity contribution in [2.45, 2.75) is 6.92 Å². The maximum absolute atomic E-state index is 8.86. The van der Waals surface area contributed by atoms with Crippen molar-refractivity contribution in [1.29, 1.82) is 5.26 Å². The third-order valence-corrected chi connectivity index (χ3v) is 2.50. The zero-order valence-corrected chi connectivity index (χ0v) is 12.1. The lowest BCUT2D eigenvalue weighted by molar-refractivity contribution is 0.301. The average Bonchev–Trinajstić information content (AvgIpc) is 2.47. The summed E-state index contributed by atoms with van der Waals surface area (Å²) < 4.78 is 15.8. The molecule has 2 rings (SSSR count). The van der Waals surface area contributed by atoms with E-state index >= 15 is 0 Å². The Bertz CT molecular complexity index is 688. The van der Waals surface area contributed by atoms with Crippen molar-refractivity contribution in [3.63, 3.8) is 0 Å². The van der Waals surface area contributed by atoms with E-state index in [-0.39, 0.29) is 17.3 Å². The quantitative estimate of drug-likeness (QED) is 0.838. The molecular weight excluding hydrogens is 296 g/mol. The molecular formula is C13H11ClN4O3. The Hall–Kier alpha value is -2.59. The molecule has 0 saturated heterocycles. The van der Waals surface area contributed by atoms with Gasteiger partial charge in [-0.2, -0.15) is 15.2 Å². The monoisotopic (exact) mass is 306 g/mol. The molecule has 108 valence electrons. The van der Waals surface area contributed by atoms with Gasteiger partial charge in [0.05, 0.1) is 25.3 Å². The van der Waals surface area contributed by atoms with Gasteiger partial charge in [-0.25, -0.2) is 0 Å². The van der Waals surface area contributed by atoms with Gasteiger partial charge in [-0.3, -0.25) is 0 Å². The van der Waals surface area contributed by atoms with Crippen molar-refractivity contribution in [3.8, 4) is 29.6 Å². The summed E-state index contributed by atoms with van der Waals surface area (Å²) in [6.07, 6.45) is 0. The number of hydrogen-bond donors (Lipinski definition) is 0. The minimum atomic E-state index is -0.0453. The predicted molar refractivity (Wildman–Crippen MR) is 73.8 cm³/mol. The second kappa shape index (κ2) is 6.72. The van der Waals surface area contributed by atoms with Crippen LogP contribution in [0.15, 0.2) is 18.2 Å². The fourth-order valence-corrected chi connectivity index (χ4v) is 1.62. The fraction of sp³-hybridized carbons (Fsp3) is 0.231. The van der Waals surface area contributed by atoms with Crippen molar-refractivity contribution in [2.24, 2.45) is 0 Å². The van der Waals surface area contributed by atoms with Crippen LogP contribution in [0.4, 0.5) is 0 Å². The van der Waals surface area contributed by atoms with Gasteiger partial charge >= 0.3 is 12.0 Å². The summed E-state index contributed by atoms with van der Waals surface area (Å²) in [7, 11) is 1.47. The van der Waals surface area contributed by atoms with E-state index in [9.17, 15) is 0 Å². The van der Waals surface area contributed by atoms with E-state index in [0.717, 1.165) is 0 Å². The van der Waals surface area contributed by atoms with E-state index < -0.39 is 0 Å². The Morgan fingerprint density at radius 1 is 1.19 bits per heavy atom. The Morgan fingerprint density at radius 2 is 1.95 bits per heavy atom. The number of halogens is 1. The van der Waals surface area contributed by atoms with E-state index in [0.29, 0.717) is 23.7 Å². The van der Waals surface area contributed by atoms with Crippen molar-refractivity contribution in [2.75, 3.05) is 13.7 Å². The lowest BCUT2D eigenvalue weighted by Gasteiger charge is -2.09. The first kappa shape index (κ1) is 14.8. The number of hydrogen-bond acceptors (Lipinski definition) is 7. The van der Waals surface area contributed by atoms with Crippen LogP contribution >= 0.6 is 11.6 Å². The average molecular weight is 307 g/mol. The molecule has 0 spiro atoms. The molecule has 1 aromatic heterocycles. The molecule has 0 fully saturated rings. The van der Waals surface area contributed by atoms with Crippen LogP contribution in [-0.4, -0.2) is 28.7 Å². The van der Waals surface area contributed by atoms with Crippen LogP contribution in [-0.2, 0) is 0 Å². The first-order valence-corrected chi connectivity index (χ1v) is 6.34. The van der Waals surface area contributed by atoms with Gasteiger partial charge in [0.1, 0.15) is 0 Å². The minimum Gasteiger partial charge on any atom is -0.493 e. The standard InChI is InChI=1S/C13H11ClN4O3/c1-3-20-12-16-11(14)17-13(18-12)21-9-5-4-8(7-15)6-10(9)19-2/h4-6H,3H2,1-2H3. The maximum atomic E-state index is 8.86. The zero-order valence-electron chi connectivity index (χ0n) is 11.3. The topological polar surface area (TPSA) is 90.2 Å². The van der Waals surface area contributed by atoms with Crippen LogP contribution in [0.1, 0.15) is 12.5 Å². The number of aromatic nitrogens is 3. The van der Waals surface area contributed by atoms with Gasteiger partial charge in [0.15, 0.2) is 11.5 Å². The molecule has 2 aromatic rings. The second-order valence-electron chi connectivity index (χ2n) is 3.68. The maximum Gasteiger partial charge on any atom is 0.329 e. The highest BCUT2D eigenvalue weighted by molar-refractivity contribution is 6.28. The molecule has 0 bridgehead atoms. The van der Waals surface area contributed by atoms with Crippen LogP contribution in [0.25, 0.3) is 0 Å². The summed E-state index contributed by atoms with van der Waals surface area (Å²) >= 11 is 5.78. The highest BCUT2D eigenvalue weighted by atomic mass is 35.5. The van der Waals surface area contributed by atoms with Crippen molar-refractivity contribution < 1.29 is 14.2 Å². The molecule has 0 amide bonds. The number of nitriles is 1. The molecule has 0 aliphatic heterocycles. The van der Waals surface area contributed by atoms with E-state index in [1.165, 1.54) is 7.11 Å². The minimum absolute atomic E-state index is 0.0264. The van der Waals surface area contributed by atoms with Gasteiger partial charge in [-0.05, 0) is 30.7 Å². The van der Waals surface area contributed by atoms with Crippen LogP contribution in [0.5, 0.6) is 23.5 Å². The SMILES string of the molecule is CCOc1nc(Cl)nc(Oc2ccc(C#N)cc2OC)n1. The third kappa shape index (κ3) is 3.70. The van der Waals surface area contributed by atoms with Gasteiger partial charge in [0.25, 0.3) is 0 Å². The van der Waals surface area contributed by atoms with Gasteiger partial charge in [-0.15, -0.1) is 4.98 Å². The Balaban J connectivity index is 2.31. The highest BCUT2D eigenvalue weighted by Gasteiger charge is 2.12. The summed E-state index contributed by atoms with van der Waals surface area (Å²) in [5.41, 5.74) is 0.447. The molecule has 0 radical (unpaired) electrons. The molecule has 1 aromatic carbocycles. The molecule has 8 heteroatoms. The summed E-state index contributed by atoms with van der Waals surface area (Å²) in [6.45, 7) is 2.18. The number of nitrogens with zero attached hydrogens (tertiary/aromatic N) is 4. The number of ether oxygens (including phenoxy) is 3. The second-order valence-corrected chi connectivity index (χ2v) is 4.02. The Morgan fingerprint density at radius 3 is 2.62 bits per heavy atom. The zero-order chi connectivity index (χ0) is 15.2. The van der Waals surface area contributed by atoms with Gasteiger partial charge in [0, 0.05) is 6.07 Å². The highest BCUT2D eigenvalue weighted by Crippen LogP contribution is 2.31. The molecule has 7 nitrogen and oxygen atoms in total. The smallest absolute Gasteiger partial charge is 0.329 e. The van der Waals surface area contributed by atoms with E-state index in [4.69, 9.17) is 31.1 Å². The van der Waals surface area contributed by atoms with Crippen molar-refractivity contribution in [3.05, 3.63) is 29.0 Å². The van der Waals surface area contributed by atoms with Gasteiger partial charge < -0.3 is 14.2 Å². The Kier molecular flexibility index (Phi) is 4.74. The van der Waals surface area contributed by atoms with E-state index in [1.807, 2.05) is 6.07 Å². The molecule has 0 aliphatic rings. The first-order chi connectivity index (χ1) is 10.2. The molecule has 0 saturated carbocycles. The molecule has 0 aliphatic carbocycles. The number of benzene rings is 1. The molecule has 1 heterocycles. The lowest BCUT2D eigenvalue weighted by atomic mass is 10.2. The molecule has 0 unspecified atom stereocenters. The fourth-order valence-electron chi connectivity index (χ4n) is 1.47. The van der Waals surface area contributed by atoms with Gasteiger partial charge in [0.2, 0.25) is 5.28 Å². The summed E-state index contributed by atoms with van der Waals surface area (Å²) in [4.78, 5) is 11.6. The summed E-state index contributed by atoms with van der Waals surface area (Å²) in [5.74, 6) is 0.727. The molecule has 21 heavy (non-hydrogen) atoms. The first-order valence-electron chi connectivity index (χ1n) is 5.96. The van der Waals surface area contributed by atoms with Gasteiger partial charge in [-0.1, -0.05) is 0 Å². The predicted octanol–water partition coefficient (Wildman–Crippen LogP) is 2.60. The van der Waals surface area contributed by atoms with Crippen LogP contribution in [0.2, 0.25) is 5.28 Å². The van der Waals surface area contributed by atoms with Crippen LogP contribution < -0.4 is 14.2 Å². The number of methoxy groups -OCH3 is 1.